The molecular formula is C26H26ClN3O3S. The number of aryl methyl sites for hydroxylation is 1. The third-order valence-corrected chi connectivity index (χ3v) is 6.39. The lowest BCUT2D eigenvalue weighted by atomic mass is 9.98. The topological polar surface area (TPSA) is 81.1 Å². The van der Waals surface area contributed by atoms with Gasteiger partial charge < -0.3 is 4.57 Å². The number of benzene rings is 3. The Morgan fingerprint density at radius 2 is 1.79 bits per heavy atom. The van der Waals surface area contributed by atoms with Crippen LogP contribution in [0.4, 0.5) is 0 Å². The first-order valence-electron chi connectivity index (χ1n) is 11.1. The maximum atomic E-state index is 12.5. The Bertz CT molecular complexity index is 1440. The van der Waals surface area contributed by atoms with Crippen LogP contribution in [0.25, 0.3) is 22.2 Å². The lowest BCUT2D eigenvalue weighted by Gasteiger charge is -2.12. The number of hydrogen-bond acceptors (Lipinski definition) is 4. The van der Waals surface area contributed by atoms with Gasteiger partial charge in [-0.2, -0.15) is 0 Å². The number of nitrogens with one attached hydrogen (secondary N) is 1. The van der Waals surface area contributed by atoms with Gasteiger partial charge >= 0.3 is 0 Å². The van der Waals surface area contributed by atoms with E-state index in [9.17, 15) is 13.2 Å². The van der Waals surface area contributed by atoms with E-state index in [1.165, 1.54) is 0 Å². The second kappa shape index (κ2) is 9.99. The molecule has 0 spiro atoms. The number of unbranched alkanes of at least 4 members (excludes halogenated alkanes) is 1. The Hall–Kier alpha value is -3.16. The smallest absolute Gasteiger partial charge is 0.265 e. The molecule has 0 unspecified atom stereocenters. The van der Waals surface area contributed by atoms with Crippen LogP contribution in [0.2, 0.25) is 5.02 Å². The quantitative estimate of drug-likeness (QED) is 0.353. The maximum Gasteiger partial charge on any atom is 0.265 e. The Kier molecular flexibility index (Phi) is 7.05. The normalized spacial score (nSPS) is 11.6. The highest BCUT2D eigenvalue weighted by atomic mass is 35.5. The summed E-state index contributed by atoms with van der Waals surface area (Å²) in [6, 6.07) is 20.7. The van der Waals surface area contributed by atoms with Crippen LogP contribution in [-0.4, -0.2) is 30.1 Å². The Morgan fingerprint density at radius 1 is 1.06 bits per heavy atom. The molecule has 8 heteroatoms. The minimum atomic E-state index is -3.65. The van der Waals surface area contributed by atoms with E-state index in [-0.39, 0.29) is 0 Å². The molecule has 0 aliphatic rings. The molecule has 1 amide bonds. The van der Waals surface area contributed by atoms with Gasteiger partial charge in [0.15, 0.2) is 0 Å². The van der Waals surface area contributed by atoms with Crippen molar-refractivity contribution in [2.75, 3.05) is 6.26 Å². The largest absolute Gasteiger partial charge is 0.323 e. The van der Waals surface area contributed by atoms with Gasteiger partial charge in [0.2, 0.25) is 10.0 Å². The van der Waals surface area contributed by atoms with Crippen molar-refractivity contribution in [3.63, 3.8) is 0 Å². The summed E-state index contributed by atoms with van der Waals surface area (Å²) in [5, 5.41) is 0.669. The molecule has 1 heterocycles. The predicted octanol–water partition coefficient (Wildman–Crippen LogP) is 5.44. The molecule has 34 heavy (non-hydrogen) atoms. The lowest BCUT2D eigenvalue weighted by Crippen LogP contribution is -2.29. The van der Waals surface area contributed by atoms with E-state index < -0.39 is 15.9 Å². The van der Waals surface area contributed by atoms with E-state index >= 15 is 0 Å². The number of rotatable bonds is 8. The van der Waals surface area contributed by atoms with Gasteiger partial charge in [0.05, 0.1) is 17.3 Å². The van der Waals surface area contributed by atoms with Gasteiger partial charge in [-0.1, -0.05) is 67.4 Å². The van der Waals surface area contributed by atoms with Gasteiger partial charge in [-0.05, 0) is 47.4 Å². The highest BCUT2D eigenvalue weighted by Gasteiger charge is 2.16. The molecule has 1 N–H and O–H groups in total. The molecule has 0 fully saturated rings. The number of fused-ring (bicyclic) bond motifs is 1. The third-order valence-electron chi connectivity index (χ3n) is 5.60. The van der Waals surface area contributed by atoms with Crippen molar-refractivity contribution in [3.8, 4) is 11.1 Å². The summed E-state index contributed by atoms with van der Waals surface area (Å²) in [6.45, 7) is 2.82. The van der Waals surface area contributed by atoms with E-state index in [0.717, 1.165) is 53.5 Å². The van der Waals surface area contributed by atoms with Crippen LogP contribution in [0.15, 0.2) is 66.7 Å². The highest BCUT2D eigenvalue weighted by molar-refractivity contribution is 7.89. The fraction of sp³-hybridized carbons (Fsp3) is 0.231. The third kappa shape index (κ3) is 5.48. The van der Waals surface area contributed by atoms with E-state index in [4.69, 9.17) is 16.6 Å². The van der Waals surface area contributed by atoms with Crippen LogP contribution < -0.4 is 4.72 Å². The second-order valence-electron chi connectivity index (χ2n) is 8.30. The van der Waals surface area contributed by atoms with Crippen molar-refractivity contribution < 1.29 is 13.2 Å². The molecule has 0 atom stereocenters. The average Bonchev–Trinajstić information content (AvgIpc) is 3.13. The molecule has 176 valence electrons. The lowest BCUT2D eigenvalue weighted by molar-refractivity contribution is 0.0982. The van der Waals surface area contributed by atoms with Gasteiger partial charge in [0.1, 0.15) is 5.82 Å². The van der Waals surface area contributed by atoms with Crippen LogP contribution in [0.1, 0.15) is 41.5 Å². The number of carbonyl (C=O) groups is 1. The fourth-order valence-corrected chi connectivity index (χ4v) is 4.60. The molecule has 4 rings (SSSR count). The van der Waals surface area contributed by atoms with Gasteiger partial charge in [-0.3, -0.25) is 4.79 Å². The zero-order chi connectivity index (χ0) is 24.3. The standard InChI is InChI=1S/C26H26ClN3O3S/c1-3-4-9-25-28-23-16-20(27)14-15-24(23)30(25)17-18-10-12-19(13-11-18)21-7-5-6-8-22(21)26(31)29-34(2,32)33/h5-8,10-16H,3-4,9,17H2,1-2H3,(H,29,31). The molecular weight excluding hydrogens is 470 g/mol. The number of nitrogens with zero attached hydrogens (tertiary/aromatic N) is 2. The zero-order valence-corrected chi connectivity index (χ0v) is 20.7. The first kappa shape index (κ1) is 24.0. The molecule has 0 aliphatic carbocycles. The summed E-state index contributed by atoms with van der Waals surface area (Å²) in [6.07, 6.45) is 4.00. The predicted molar refractivity (Wildman–Crippen MR) is 137 cm³/mol. The van der Waals surface area contributed by atoms with E-state index in [1.807, 2.05) is 59.3 Å². The summed E-state index contributed by atoms with van der Waals surface area (Å²) in [7, 11) is -3.65. The highest BCUT2D eigenvalue weighted by Crippen LogP contribution is 2.26. The molecule has 0 saturated heterocycles. The van der Waals surface area contributed by atoms with E-state index in [1.54, 1.807) is 12.1 Å². The Balaban J connectivity index is 1.64. The van der Waals surface area contributed by atoms with Crippen molar-refractivity contribution in [1.29, 1.82) is 0 Å². The van der Waals surface area contributed by atoms with E-state index in [2.05, 4.69) is 11.5 Å². The second-order valence-corrected chi connectivity index (χ2v) is 10.5. The van der Waals surface area contributed by atoms with Crippen molar-refractivity contribution in [2.24, 2.45) is 0 Å². The number of halogens is 1. The Morgan fingerprint density at radius 3 is 2.50 bits per heavy atom. The molecule has 0 bridgehead atoms. The first-order valence-corrected chi connectivity index (χ1v) is 13.4. The number of carbonyl (C=O) groups excluding carboxylic acids is 1. The van der Waals surface area contributed by atoms with Gasteiger partial charge in [0.25, 0.3) is 5.91 Å². The SMILES string of the molecule is CCCCc1nc2cc(Cl)ccc2n1Cc1ccc(-c2ccccc2C(=O)NS(C)(=O)=O)cc1. The molecule has 0 radical (unpaired) electrons. The van der Waals surface area contributed by atoms with Crippen molar-refractivity contribution in [2.45, 2.75) is 32.7 Å². The summed E-state index contributed by atoms with van der Waals surface area (Å²) in [4.78, 5) is 17.3. The van der Waals surface area contributed by atoms with E-state index in [0.29, 0.717) is 22.7 Å². The van der Waals surface area contributed by atoms with Crippen LogP contribution in [-0.2, 0) is 23.0 Å². The summed E-state index contributed by atoms with van der Waals surface area (Å²) < 4.78 is 27.3. The molecule has 6 nitrogen and oxygen atoms in total. The summed E-state index contributed by atoms with van der Waals surface area (Å²) in [5.41, 5.74) is 4.83. The minimum absolute atomic E-state index is 0.306. The molecule has 3 aromatic carbocycles. The van der Waals surface area contributed by atoms with Gasteiger partial charge in [0, 0.05) is 23.6 Å². The average molecular weight is 496 g/mol. The van der Waals surface area contributed by atoms with Crippen LogP contribution in [0, 0.1) is 0 Å². The number of amides is 1. The fourth-order valence-electron chi connectivity index (χ4n) is 3.98. The summed E-state index contributed by atoms with van der Waals surface area (Å²) >= 11 is 6.18. The number of sulfonamides is 1. The zero-order valence-electron chi connectivity index (χ0n) is 19.1. The monoisotopic (exact) mass is 495 g/mol. The minimum Gasteiger partial charge on any atom is -0.323 e. The summed E-state index contributed by atoms with van der Waals surface area (Å²) in [5.74, 6) is 0.386. The van der Waals surface area contributed by atoms with Crippen molar-refractivity contribution in [3.05, 3.63) is 88.7 Å². The van der Waals surface area contributed by atoms with Crippen LogP contribution in [0.3, 0.4) is 0 Å². The molecule has 0 saturated carbocycles. The number of hydrogen-bond donors (Lipinski definition) is 1. The Labute approximate surface area is 204 Å². The maximum absolute atomic E-state index is 12.5. The van der Waals surface area contributed by atoms with Gasteiger partial charge in [-0.25, -0.2) is 18.1 Å². The first-order chi connectivity index (χ1) is 16.2. The van der Waals surface area contributed by atoms with Crippen LogP contribution in [0.5, 0.6) is 0 Å². The van der Waals surface area contributed by atoms with Gasteiger partial charge in [-0.15, -0.1) is 0 Å². The van der Waals surface area contributed by atoms with Crippen molar-refractivity contribution >= 4 is 38.6 Å². The molecule has 1 aromatic heterocycles. The number of aromatic nitrogens is 2. The molecule has 0 aliphatic heterocycles. The van der Waals surface area contributed by atoms with Crippen LogP contribution >= 0.6 is 11.6 Å². The molecule has 4 aromatic rings. The van der Waals surface area contributed by atoms with Crippen molar-refractivity contribution in [1.82, 2.24) is 14.3 Å². The number of imidazole rings is 1.